The van der Waals surface area contributed by atoms with Crippen LogP contribution < -0.4 is 14.8 Å². The van der Waals surface area contributed by atoms with Gasteiger partial charge in [0.15, 0.2) is 22.3 Å². The minimum atomic E-state index is -0.498. The van der Waals surface area contributed by atoms with Crippen molar-refractivity contribution in [2.45, 2.75) is 32.0 Å². The Morgan fingerprint density at radius 2 is 2.17 bits per heavy atom. The van der Waals surface area contributed by atoms with Gasteiger partial charge >= 0.3 is 0 Å². The molecular weight excluding hydrogens is 312 g/mol. The summed E-state index contributed by atoms with van der Waals surface area (Å²) in [6, 6.07) is 6.13. The van der Waals surface area contributed by atoms with Gasteiger partial charge in [0, 0.05) is 31.7 Å². The zero-order chi connectivity index (χ0) is 16.6. The van der Waals surface area contributed by atoms with Crippen molar-refractivity contribution in [1.29, 1.82) is 0 Å². The fraction of sp³-hybridized carbons (Fsp3) is 0.588. The molecule has 5 nitrogen and oxygen atoms in total. The second-order valence-corrected chi connectivity index (χ2v) is 6.64. The van der Waals surface area contributed by atoms with Crippen LogP contribution in [0.5, 0.6) is 11.5 Å². The van der Waals surface area contributed by atoms with Crippen LogP contribution >= 0.6 is 12.2 Å². The Hall–Kier alpha value is -1.53. The van der Waals surface area contributed by atoms with Crippen LogP contribution in [-0.2, 0) is 4.74 Å². The van der Waals surface area contributed by atoms with E-state index in [2.05, 4.69) is 30.1 Å². The van der Waals surface area contributed by atoms with Gasteiger partial charge in [-0.2, -0.15) is 0 Å². The third kappa shape index (κ3) is 2.54. The number of thiocarbonyl (C=S) groups is 1. The molecule has 0 unspecified atom stereocenters. The molecule has 2 heterocycles. The quantitative estimate of drug-likeness (QED) is 0.659. The van der Waals surface area contributed by atoms with Gasteiger partial charge in [0.1, 0.15) is 0 Å². The predicted octanol–water partition coefficient (Wildman–Crippen LogP) is 2.71. The van der Waals surface area contributed by atoms with Crippen molar-refractivity contribution in [3.63, 3.8) is 0 Å². The maximum Gasteiger partial charge on any atom is 0.187 e. The van der Waals surface area contributed by atoms with Crippen molar-refractivity contribution < 1.29 is 14.2 Å². The van der Waals surface area contributed by atoms with Crippen LogP contribution in [0, 0.1) is 5.92 Å². The summed E-state index contributed by atoms with van der Waals surface area (Å²) in [5.74, 6) is 1.82. The zero-order valence-electron chi connectivity index (χ0n) is 14.1. The molecule has 1 aromatic carbocycles. The molecule has 23 heavy (non-hydrogen) atoms. The van der Waals surface area contributed by atoms with Crippen molar-refractivity contribution in [2.24, 2.45) is 5.92 Å². The summed E-state index contributed by atoms with van der Waals surface area (Å²) in [5.41, 5.74) is 0.607. The number of rotatable bonds is 5. The summed E-state index contributed by atoms with van der Waals surface area (Å²) >= 11 is 5.61. The van der Waals surface area contributed by atoms with Gasteiger partial charge in [-0.25, -0.2) is 0 Å². The Kier molecular flexibility index (Phi) is 4.38. The average molecular weight is 336 g/mol. The molecule has 3 atom stereocenters. The summed E-state index contributed by atoms with van der Waals surface area (Å²) < 4.78 is 17.1. The van der Waals surface area contributed by atoms with Crippen LogP contribution in [0.25, 0.3) is 0 Å². The zero-order valence-corrected chi connectivity index (χ0v) is 14.9. The van der Waals surface area contributed by atoms with E-state index in [1.54, 1.807) is 14.2 Å². The molecule has 1 saturated heterocycles. The predicted molar refractivity (Wildman–Crippen MR) is 92.9 cm³/mol. The number of nitrogens with zero attached hydrogens (tertiary/aromatic N) is 1. The standard InChI is InChI=1S/C17H24N2O3S/c1-11-14-12-7-5-8-13(21-4)15(12)22-17(11,2)19(16(23)18-14)9-6-10-20-3/h5,7-8,11,14H,6,9-10H2,1-4H3,(H,18,23)/t11-,14-,17+/m1/s1. The lowest BCUT2D eigenvalue weighted by atomic mass is 9.80. The molecule has 1 aromatic rings. The van der Waals surface area contributed by atoms with Gasteiger partial charge in [0.25, 0.3) is 0 Å². The van der Waals surface area contributed by atoms with Crippen molar-refractivity contribution in [3.05, 3.63) is 23.8 Å². The molecular formula is C17H24N2O3S. The second-order valence-electron chi connectivity index (χ2n) is 6.25. The third-order valence-electron chi connectivity index (χ3n) is 5.01. The van der Waals surface area contributed by atoms with E-state index in [4.69, 9.17) is 26.4 Å². The van der Waals surface area contributed by atoms with E-state index in [1.165, 1.54) is 0 Å². The molecule has 0 radical (unpaired) electrons. The summed E-state index contributed by atoms with van der Waals surface area (Å²) in [4.78, 5) is 2.14. The highest BCUT2D eigenvalue weighted by atomic mass is 32.1. The molecule has 2 aliphatic rings. The van der Waals surface area contributed by atoms with E-state index >= 15 is 0 Å². The molecule has 2 aliphatic heterocycles. The summed E-state index contributed by atoms with van der Waals surface area (Å²) in [6.45, 7) is 5.80. The number of methoxy groups -OCH3 is 2. The lowest BCUT2D eigenvalue weighted by Crippen LogP contribution is -2.69. The Labute approximate surface area is 142 Å². The summed E-state index contributed by atoms with van der Waals surface area (Å²) in [7, 11) is 3.38. The molecule has 1 fully saturated rings. The topological polar surface area (TPSA) is 43.0 Å². The van der Waals surface area contributed by atoms with Crippen LogP contribution in [0.1, 0.15) is 31.9 Å². The summed E-state index contributed by atoms with van der Waals surface area (Å²) in [5, 5.41) is 4.22. The monoisotopic (exact) mass is 336 g/mol. The first-order valence-electron chi connectivity index (χ1n) is 7.96. The highest BCUT2D eigenvalue weighted by molar-refractivity contribution is 7.80. The SMILES string of the molecule is COCCCN1C(=S)N[C@H]2c3cccc(OC)c3O[C@@]1(C)[C@@H]2C. The normalized spacial score (nSPS) is 28.7. The van der Waals surface area contributed by atoms with E-state index < -0.39 is 5.72 Å². The van der Waals surface area contributed by atoms with E-state index in [1.807, 2.05) is 12.1 Å². The molecule has 0 amide bonds. The first-order chi connectivity index (χ1) is 11.0. The number of fused-ring (bicyclic) bond motifs is 4. The van der Waals surface area contributed by atoms with Gasteiger partial charge < -0.3 is 24.4 Å². The number of ether oxygens (including phenoxy) is 3. The Morgan fingerprint density at radius 1 is 1.39 bits per heavy atom. The average Bonchev–Trinajstić information content (AvgIpc) is 2.53. The van der Waals surface area contributed by atoms with Crippen LogP contribution in [0.4, 0.5) is 0 Å². The van der Waals surface area contributed by atoms with Gasteiger partial charge in [0.2, 0.25) is 0 Å². The summed E-state index contributed by atoms with van der Waals surface area (Å²) in [6.07, 6.45) is 0.896. The number of hydrogen-bond acceptors (Lipinski definition) is 4. The Morgan fingerprint density at radius 3 is 2.87 bits per heavy atom. The largest absolute Gasteiger partial charge is 0.493 e. The van der Waals surface area contributed by atoms with E-state index in [-0.39, 0.29) is 12.0 Å². The van der Waals surface area contributed by atoms with Crippen molar-refractivity contribution in [1.82, 2.24) is 10.2 Å². The minimum Gasteiger partial charge on any atom is -0.493 e. The maximum absolute atomic E-state index is 6.47. The van der Waals surface area contributed by atoms with Crippen LogP contribution in [0.2, 0.25) is 0 Å². The number of hydrogen-bond donors (Lipinski definition) is 1. The Balaban J connectivity index is 1.99. The van der Waals surface area contributed by atoms with E-state index in [9.17, 15) is 0 Å². The first kappa shape index (κ1) is 16.3. The highest BCUT2D eigenvalue weighted by Gasteiger charge is 2.53. The van der Waals surface area contributed by atoms with E-state index in [0.29, 0.717) is 6.61 Å². The third-order valence-corrected chi connectivity index (χ3v) is 5.35. The molecule has 6 heteroatoms. The molecule has 3 rings (SSSR count). The molecule has 0 aliphatic carbocycles. The van der Waals surface area contributed by atoms with Gasteiger partial charge in [-0.05, 0) is 31.6 Å². The van der Waals surface area contributed by atoms with Crippen LogP contribution in [0.3, 0.4) is 0 Å². The number of para-hydroxylation sites is 1. The fourth-order valence-corrected chi connectivity index (χ4v) is 3.93. The van der Waals surface area contributed by atoms with Crippen molar-refractivity contribution >= 4 is 17.3 Å². The van der Waals surface area contributed by atoms with Crippen molar-refractivity contribution in [2.75, 3.05) is 27.4 Å². The molecule has 126 valence electrons. The van der Waals surface area contributed by atoms with Crippen molar-refractivity contribution in [3.8, 4) is 11.5 Å². The molecule has 2 bridgehead atoms. The van der Waals surface area contributed by atoms with Gasteiger partial charge in [-0.3, -0.25) is 0 Å². The van der Waals surface area contributed by atoms with Crippen LogP contribution in [-0.4, -0.2) is 43.1 Å². The molecule has 0 spiro atoms. The van der Waals surface area contributed by atoms with E-state index in [0.717, 1.165) is 35.1 Å². The second kappa shape index (κ2) is 6.17. The lowest BCUT2D eigenvalue weighted by molar-refractivity contribution is -0.112. The number of benzene rings is 1. The molecule has 0 saturated carbocycles. The van der Waals surface area contributed by atoms with Gasteiger partial charge in [-0.15, -0.1) is 0 Å². The first-order valence-corrected chi connectivity index (χ1v) is 8.36. The number of nitrogens with one attached hydrogen (secondary N) is 1. The van der Waals surface area contributed by atoms with Gasteiger partial charge in [-0.1, -0.05) is 19.1 Å². The maximum atomic E-state index is 6.47. The Bertz CT molecular complexity index is 610. The minimum absolute atomic E-state index is 0.130. The smallest absolute Gasteiger partial charge is 0.187 e. The van der Waals surface area contributed by atoms with Crippen LogP contribution in [0.15, 0.2) is 18.2 Å². The lowest BCUT2D eigenvalue weighted by Gasteiger charge is -2.56. The molecule has 0 aromatic heterocycles. The van der Waals surface area contributed by atoms with Gasteiger partial charge in [0.05, 0.1) is 13.2 Å². The highest BCUT2D eigenvalue weighted by Crippen LogP contribution is 2.50. The molecule has 1 N–H and O–H groups in total. The fourth-order valence-electron chi connectivity index (χ4n) is 3.53.